The predicted molar refractivity (Wildman–Crippen MR) is 81.9 cm³/mol. The highest BCUT2D eigenvalue weighted by molar-refractivity contribution is 7.89. The van der Waals surface area contributed by atoms with Gasteiger partial charge in [-0.05, 0) is 36.8 Å². The third-order valence-corrected chi connectivity index (χ3v) is 4.26. The van der Waals surface area contributed by atoms with Gasteiger partial charge in [-0.15, -0.1) is 0 Å². The van der Waals surface area contributed by atoms with Crippen LogP contribution in [-0.4, -0.2) is 14.3 Å². The summed E-state index contributed by atoms with van der Waals surface area (Å²) < 4.78 is 49.0. The summed E-state index contributed by atoms with van der Waals surface area (Å²) in [4.78, 5) is 11.9. The van der Waals surface area contributed by atoms with Crippen LogP contribution in [0.25, 0.3) is 0 Å². The van der Waals surface area contributed by atoms with Gasteiger partial charge < -0.3 is 5.32 Å². The van der Waals surface area contributed by atoms with Crippen LogP contribution in [-0.2, 0) is 10.0 Å². The molecular weight excluding hydrogens is 350 g/mol. The van der Waals surface area contributed by atoms with Crippen LogP contribution in [0, 0.1) is 18.6 Å². The molecule has 2 aromatic rings. The number of nitrogens with two attached hydrogens (primary N) is 1. The highest BCUT2D eigenvalue weighted by atomic mass is 35.5. The summed E-state index contributed by atoms with van der Waals surface area (Å²) in [5.41, 5.74) is 0.415. The van der Waals surface area contributed by atoms with Crippen molar-refractivity contribution in [3.63, 3.8) is 0 Å². The topological polar surface area (TPSA) is 89.3 Å². The second kappa shape index (κ2) is 6.23. The van der Waals surface area contributed by atoms with E-state index in [4.69, 9.17) is 16.7 Å². The van der Waals surface area contributed by atoms with E-state index in [2.05, 4.69) is 5.32 Å². The van der Waals surface area contributed by atoms with Crippen LogP contribution in [0.1, 0.15) is 15.9 Å². The lowest BCUT2D eigenvalue weighted by atomic mass is 10.1. The Hall–Kier alpha value is -2.03. The molecule has 0 aliphatic rings. The number of sulfonamides is 1. The first-order valence-electron chi connectivity index (χ1n) is 6.19. The molecule has 122 valence electrons. The molecule has 0 heterocycles. The van der Waals surface area contributed by atoms with Crippen LogP contribution in [0.4, 0.5) is 14.5 Å². The Morgan fingerprint density at radius 2 is 1.78 bits per heavy atom. The molecule has 0 aliphatic heterocycles. The van der Waals surface area contributed by atoms with Gasteiger partial charge in [0.15, 0.2) is 11.6 Å². The highest BCUT2D eigenvalue weighted by Crippen LogP contribution is 2.24. The largest absolute Gasteiger partial charge is 0.322 e. The number of nitrogens with one attached hydrogen (secondary N) is 1. The second-order valence-electron chi connectivity index (χ2n) is 4.72. The summed E-state index contributed by atoms with van der Waals surface area (Å²) >= 11 is 5.72. The average Bonchev–Trinajstić information content (AvgIpc) is 2.43. The maximum absolute atomic E-state index is 13.2. The molecule has 0 atom stereocenters. The number of hydrogen-bond donors (Lipinski definition) is 2. The Morgan fingerprint density at radius 1 is 1.17 bits per heavy atom. The van der Waals surface area contributed by atoms with Crippen molar-refractivity contribution in [3.8, 4) is 0 Å². The lowest BCUT2D eigenvalue weighted by Gasteiger charge is -2.11. The molecule has 1 amide bonds. The summed E-state index contributed by atoms with van der Waals surface area (Å²) in [6.07, 6.45) is 0. The SMILES string of the molecule is Cc1ccc(S(N)(=O)=O)cc1NC(=O)c1cc(F)c(F)cc1Cl. The molecule has 0 saturated heterocycles. The third kappa shape index (κ3) is 3.84. The van der Waals surface area contributed by atoms with E-state index in [-0.39, 0.29) is 21.2 Å². The lowest BCUT2D eigenvalue weighted by Crippen LogP contribution is -2.16. The summed E-state index contributed by atoms with van der Waals surface area (Å²) in [7, 11) is -3.95. The molecule has 9 heteroatoms. The number of halogens is 3. The fourth-order valence-corrected chi connectivity index (χ4v) is 2.57. The van der Waals surface area contributed by atoms with Gasteiger partial charge in [0.2, 0.25) is 10.0 Å². The zero-order valence-corrected chi connectivity index (χ0v) is 13.3. The highest BCUT2D eigenvalue weighted by Gasteiger charge is 2.17. The molecule has 0 spiro atoms. The van der Waals surface area contributed by atoms with Crippen molar-refractivity contribution in [1.82, 2.24) is 0 Å². The maximum atomic E-state index is 13.2. The van der Waals surface area contributed by atoms with E-state index in [1.54, 1.807) is 6.92 Å². The Bertz CT molecular complexity index is 901. The molecule has 5 nitrogen and oxygen atoms in total. The van der Waals surface area contributed by atoms with E-state index >= 15 is 0 Å². The summed E-state index contributed by atoms with van der Waals surface area (Å²) in [5.74, 6) is -3.22. The predicted octanol–water partition coefficient (Wildman–Crippen LogP) is 2.83. The maximum Gasteiger partial charge on any atom is 0.257 e. The average molecular weight is 361 g/mol. The third-order valence-electron chi connectivity index (χ3n) is 3.04. The number of anilines is 1. The van der Waals surface area contributed by atoms with Crippen LogP contribution in [0.15, 0.2) is 35.2 Å². The van der Waals surface area contributed by atoms with Crippen molar-refractivity contribution in [1.29, 1.82) is 0 Å². The van der Waals surface area contributed by atoms with E-state index in [0.717, 1.165) is 6.07 Å². The standard InChI is InChI=1S/C14H11ClF2N2O3S/c1-7-2-3-8(23(18,21)22)4-13(7)19-14(20)9-5-11(16)12(17)6-10(9)15/h2-6H,1H3,(H,19,20)(H2,18,21,22). The number of aryl methyl sites for hydroxylation is 1. The van der Waals surface area contributed by atoms with Gasteiger partial charge in [-0.3, -0.25) is 4.79 Å². The van der Waals surface area contributed by atoms with Crippen LogP contribution < -0.4 is 10.5 Å². The molecule has 0 aliphatic carbocycles. The molecule has 2 rings (SSSR count). The first kappa shape index (κ1) is 17.3. The molecule has 0 bridgehead atoms. The molecule has 3 N–H and O–H groups in total. The minimum atomic E-state index is -3.95. The summed E-state index contributed by atoms with van der Waals surface area (Å²) in [6.45, 7) is 1.62. The minimum Gasteiger partial charge on any atom is -0.322 e. The Labute approximate surface area is 136 Å². The molecule has 0 fully saturated rings. The Kier molecular flexibility index (Phi) is 4.69. The zero-order chi connectivity index (χ0) is 17.4. The Morgan fingerprint density at radius 3 is 2.39 bits per heavy atom. The van der Waals surface area contributed by atoms with Crippen molar-refractivity contribution < 1.29 is 22.0 Å². The molecule has 0 radical (unpaired) electrons. The first-order valence-corrected chi connectivity index (χ1v) is 8.11. The molecule has 23 heavy (non-hydrogen) atoms. The van der Waals surface area contributed by atoms with Gasteiger partial charge in [0, 0.05) is 5.69 Å². The molecule has 0 saturated carbocycles. The van der Waals surface area contributed by atoms with Crippen molar-refractivity contribution in [2.45, 2.75) is 11.8 Å². The number of benzene rings is 2. The van der Waals surface area contributed by atoms with E-state index in [1.165, 1.54) is 12.1 Å². The van der Waals surface area contributed by atoms with Crippen molar-refractivity contribution in [3.05, 3.63) is 58.1 Å². The first-order chi connectivity index (χ1) is 10.6. The van der Waals surface area contributed by atoms with Gasteiger partial charge in [0.25, 0.3) is 5.91 Å². The fourth-order valence-electron chi connectivity index (χ4n) is 1.80. The molecule has 0 aromatic heterocycles. The normalized spacial score (nSPS) is 11.3. The number of rotatable bonds is 3. The monoisotopic (exact) mass is 360 g/mol. The number of primary sulfonamides is 1. The van der Waals surface area contributed by atoms with Crippen molar-refractivity contribution >= 4 is 33.2 Å². The Balaban J connectivity index is 2.40. The minimum absolute atomic E-state index is 0.155. The van der Waals surface area contributed by atoms with Crippen LogP contribution >= 0.6 is 11.6 Å². The summed E-state index contributed by atoms with van der Waals surface area (Å²) in [5, 5.41) is 7.14. The van der Waals surface area contributed by atoms with Gasteiger partial charge in [-0.2, -0.15) is 0 Å². The van der Waals surface area contributed by atoms with Crippen molar-refractivity contribution in [2.24, 2.45) is 5.14 Å². The van der Waals surface area contributed by atoms with Crippen LogP contribution in [0.3, 0.4) is 0 Å². The van der Waals surface area contributed by atoms with Crippen LogP contribution in [0.2, 0.25) is 5.02 Å². The van der Waals surface area contributed by atoms with Crippen molar-refractivity contribution in [2.75, 3.05) is 5.32 Å². The lowest BCUT2D eigenvalue weighted by molar-refractivity contribution is 0.102. The number of carbonyl (C=O) groups is 1. The van der Waals surface area contributed by atoms with Gasteiger partial charge in [-0.25, -0.2) is 22.3 Å². The summed E-state index contributed by atoms with van der Waals surface area (Å²) in [6, 6.07) is 5.23. The zero-order valence-electron chi connectivity index (χ0n) is 11.7. The van der Waals surface area contributed by atoms with Gasteiger partial charge in [0.1, 0.15) is 0 Å². The molecular formula is C14H11ClF2N2O3S. The molecule has 0 unspecified atom stereocenters. The number of amides is 1. The van der Waals surface area contributed by atoms with E-state index in [0.29, 0.717) is 17.7 Å². The van der Waals surface area contributed by atoms with Crippen LogP contribution in [0.5, 0.6) is 0 Å². The molecule has 2 aromatic carbocycles. The quantitative estimate of drug-likeness (QED) is 0.825. The second-order valence-corrected chi connectivity index (χ2v) is 6.69. The smallest absolute Gasteiger partial charge is 0.257 e. The number of carbonyl (C=O) groups excluding carboxylic acids is 1. The van der Waals surface area contributed by atoms with Gasteiger partial charge >= 0.3 is 0 Å². The van der Waals surface area contributed by atoms with E-state index < -0.39 is 27.6 Å². The van der Waals surface area contributed by atoms with E-state index in [9.17, 15) is 22.0 Å². The van der Waals surface area contributed by atoms with Gasteiger partial charge in [0.05, 0.1) is 15.5 Å². The van der Waals surface area contributed by atoms with Gasteiger partial charge in [-0.1, -0.05) is 17.7 Å². The number of hydrogen-bond acceptors (Lipinski definition) is 3. The van der Waals surface area contributed by atoms with E-state index in [1.807, 2.05) is 0 Å². The fraction of sp³-hybridized carbons (Fsp3) is 0.0714.